The van der Waals surface area contributed by atoms with Crippen LogP contribution in [0.4, 0.5) is 0 Å². The quantitative estimate of drug-likeness (QED) is 0.474. The standard InChI is InChI=1S/C17H22N2O3S/c1-4-5-10-22-13-8-6-12(7-9-13)15-14(16(20)21-3)11(2)18-17(23)19-15/h6-9,15H,4-5,10H2,1-3H3,(H2,18,19,23)/t15-/m1/s1. The average Bonchev–Trinajstić information content (AvgIpc) is 2.54. The predicted octanol–water partition coefficient (Wildman–Crippen LogP) is 2.83. The van der Waals surface area contributed by atoms with Crippen LogP contribution in [0.5, 0.6) is 5.75 Å². The lowest BCUT2D eigenvalue weighted by atomic mass is 9.95. The monoisotopic (exact) mass is 334 g/mol. The zero-order chi connectivity index (χ0) is 16.8. The van der Waals surface area contributed by atoms with Crippen molar-refractivity contribution in [1.82, 2.24) is 10.6 Å². The molecule has 1 aliphatic heterocycles. The molecule has 1 aromatic carbocycles. The SMILES string of the molecule is CCCCOc1ccc([C@H]2NC(=S)NC(C)=C2C(=O)OC)cc1. The molecule has 1 aliphatic rings. The van der Waals surface area contributed by atoms with Crippen molar-refractivity contribution in [3.05, 3.63) is 41.1 Å². The molecule has 1 aromatic rings. The predicted molar refractivity (Wildman–Crippen MR) is 93.2 cm³/mol. The number of benzene rings is 1. The van der Waals surface area contributed by atoms with E-state index in [0.717, 1.165) is 24.2 Å². The van der Waals surface area contributed by atoms with Crippen molar-refractivity contribution in [1.29, 1.82) is 0 Å². The van der Waals surface area contributed by atoms with Gasteiger partial charge in [0.2, 0.25) is 0 Å². The Labute approximate surface area is 142 Å². The first kappa shape index (κ1) is 17.3. The molecular weight excluding hydrogens is 312 g/mol. The van der Waals surface area contributed by atoms with Crippen LogP contribution in [0, 0.1) is 0 Å². The summed E-state index contributed by atoms with van der Waals surface area (Å²) in [6.45, 7) is 4.65. The van der Waals surface area contributed by atoms with Gasteiger partial charge < -0.3 is 20.1 Å². The van der Waals surface area contributed by atoms with Crippen LogP contribution in [0.15, 0.2) is 35.5 Å². The number of thiocarbonyl (C=S) groups is 1. The molecule has 0 bridgehead atoms. The molecule has 124 valence electrons. The van der Waals surface area contributed by atoms with Gasteiger partial charge in [0.1, 0.15) is 5.75 Å². The highest BCUT2D eigenvalue weighted by molar-refractivity contribution is 7.80. The molecule has 0 aliphatic carbocycles. The van der Waals surface area contributed by atoms with Crippen molar-refractivity contribution in [2.24, 2.45) is 0 Å². The maximum absolute atomic E-state index is 12.1. The van der Waals surface area contributed by atoms with Crippen molar-refractivity contribution >= 4 is 23.3 Å². The zero-order valence-electron chi connectivity index (χ0n) is 13.6. The minimum Gasteiger partial charge on any atom is -0.494 e. The van der Waals surface area contributed by atoms with E-state index >= 15 is 0 Å². The largest absolute Gasteiger partial charge is 0.494 e. The van der Waals surface area contributed by atoms with E-state index in [9.17, 15) is 4.79 Å². The Balaban J connectivity index is 2.22. The lowest BCUT2D eigenvalue weighted by Gasteiger charge is -2.29. The number of ether oxygens (including phenoxy) is 2. The number of carbonyl (C=O) groups is 1. The number of hydrogen-bond acceptors (Lipinski definition) is 4. The van der Waals surface area contributed by atoms with Gasteiger partial charge in [-0.2, -0.15) is 0 Å². The normalized spacial score (nSPS) is 17.3. The number of nitrogens with one attached hydrogen (secondary N) is 2. The second-order valence-electron chi connectivity index (χ2n) is 5.33. The average molecular weight is 334 g/mol. The van der Waals surface area contributed by atoms with E-state index in [0.29, 0.717) is 23.0 Å². The fourth-order valence-electron chi connectivity index (χ4n) is 2.42. The third-order valence-corrected chi connectivity index (χ3v) is 3.87. The molecule has 0 spiro atoms. The Bertz CT molecular complexity index is 611. The molecule has 0 saturated carbocycles. The van der Waals surface area contributed by atoms with Gasteiger partial charge in [-0.25, -0.2) is 4.79 Å². The number of allylic oxidation sites excluding steroid dienone is 1. The lowest BCUT2D eigenvalue weighted by molar-refractivity contribution is -0.136. The number of unbranched alkanes of at least 4 members (excludes halogenated alkanes) is 1. The van der Waals surface area contributed by atoms with Crippen molar-refractivity contribution in [2.45, 2.75) is 32.7 Å². The Morgan fingerprint density at radius 1 is 1.30 bits per heavy atom. The summed E-state index contributed by atoms with van der Waals surface area (Å²) in [6, 6.07) is 7.34. The van der Waals surface area contributed by atoms with Crippen molar-refractivity contribution in [2.75, 3.05) is 13.7 Å². The van der Waals surface area contributed by atoms with Crippen molar-refractivity contribution in [3.63, 3.8) is 0 Å². The highest BCUT2D eigenvalue weighted by Crippen LogP contribution is 2.28. The third-order valence-electron chi connectivity index (χ3n) is 3.65. The number of carbonyl (C=O) groups excluding carboxylic acids is 1. The summed E-state index contributed by atoms with van der Waals surface area (Å²) < 4.78 is 10.6. The van der Waals surface area contributed by atoms with Crippen molar-refractivity contribution < 1.29 is 14.3 Å². The summed E-state index contributed by atoms with van der Waals surface area (Å²) >= 11 is 5.20. The highest BCUT2D eigenvalue weighted by Gasteiger charge is 2.30. The van der Waals surface area contributed by atoms with E-state index < -0.39 is 0 Å². The first-order chi connectivity index (χ1) is 11.1. The van der Waals surface area contributed by atoms with Crippen LogP contribution < -0.4 is 15.4 Å². The molecule has 6 heteroatoms. The lowest BCUT2D eigenvalue weighted by Crippen LogP contribution is -2.45. The van der Waals surface area contributed by atoms with Crippen LogP contribution in [-0.2, 0) is 9.53 Å². The van der Waals surface area contributed by atoms with E-state index in [-0.39, 0.29) is 12.0 Å². The van der Waals surface area contributed by atoms with Crippen LogP contribution in [0.3, 0.4) is 0 Å². The van der Waals surface area contributed by atoms with Gasteiger partial charge in [0.15, 0.2) is 5.11 Å². The fraction of sp³-hybridized carbons (Fsp3) is 0.412. The van der Waals surface area contributed by atoms with E-state index in [1.54, 1.807) is 0 Å². The Hall–Kier alpha value is -2.08. The third kappa shape index (κ3) is 4.22. The maximum atomic E-state index is 12.1. The molecule has 0 unspecified atom stereocenters. The zero-order valence-corrected chi connectivity index (χ0v) is 14.5. The van der Waals surface area contributed by atoms with E-state index in [1.807, 2.05) is 31.2 Å². The van der Waals surface area contributed by atoms with Gasteiger partial charge in [-0.15, -0.1) is 0 Å². The minimum atomic E-state index is -0.377. The van der Waals surface area contributed by atoms with Gasteiger partial charge in [-0.3, -0.25) is 0 Å². The minimum absolute atomic E-state index is 0.333. The summed E-state index contributed by atoms with van der Waals surface area (Å²) in [7, 11) is 1.37. The smallest absolute Gasteiger partial charge is 0.337 e. The Morgan fingerprint density at radius 3 is 2.61 bits per heavy atom. The number of rotatable bonds is 6. The first-order valence-corrected chi connectivity index (χ1v) is 8.07. The molecule has 0 radical (unpaired) electrons. The first-order valence-electron chi connectivity index (χ1n) is 7.66. The van der Waals surface area contributed by atoms with Crippen LogP contribution in [0.1, 0.15) is 38.3 Å². The molecule has 0 amide bonds. The number of esters is 1. The summed E-state index contributed by atoms with van der Waals surface area (Å²) in [5.41, 5.74) is 2.16. The van der Waals surface area contributed by atoms with Gasteiger partial charge in [0, 0.05) is 5.70 Å². The molecule has 1 heterocycles. The summed E-state index contributed by atoms with van der Waals surface area (Å²) in [5, 5.41) is 6.57. The van der Waals surface area contributed by atoms with Gasteiger partial charge in [0.25, 0.3) is 0 Å². The molecule has 23 heavy (non-hydrogen) atoms. The second-order valence-corrected chi connectivity index (χ2v) is 5.74. The fourth-order valence-corrected chi connectivity index (χ4v) is 2.69. The molecule has 2 rings (SSSR count). The Kier molecular flexibility index (Phi) is 5.98. The summed E-state index contributed by atoms with van der Waals surface area (Å²) in [4.78, 5) is 12.1. The molecule has 0 aromatic heterocycles. The van der Waals surface area contributed by atoms with Crippen LogP contribution >= 0.6 is 12.2 Å². The van der Waals surface area contributed by atoms with Crippen molar-refractivity contribution in [3.8, 4) is 5.75 Å². The second kappa shape index (κ2) is 7.97. The van der Waals surface area contributed by atoms with Crippen LogP contribution in [0.25, 0.3) is 0 Å². The summed E-state index contributed by atoms with van der Waals surface area (Å²) in [6.07, 6.45) is 2.13. The highest BCUT2D eigenvalue weighted by atomic mass is 32.1. The molecule has 0 saturated heterocycles. The van der Waals surface area contributed by atoms with Gasteiger partial charge in [0.05, 0.1) is 25.3 Å². The van der Waals surface area contributed by atoms with Gasteiger partial charge in [-0.1, -0.05) is 25.5 Å². The topological polar surface area (TPSA) is 59.6 Å². The number of methoxy groups -OCH3 is 1. The number of hydrogen-bond donors (Lipinski definition) is 2. The Morgan fingerprint density at radius 2 is 2.00 bits per heavy atom. The van der Waals surface area contributed by atoms with Crippen LogP contribution in [-0.4, -0.2) is 24.8 Å². The van der Waals surface area contributed by atoms with Gasteiger partial charge >= 0.3 is 5.97 Å². The van der Waals surface area contributed by atoms with Crippen LogP contribution in [0.2, 0.25) is 0 Å². The van der Waals surface area contributed by atoms with E-state index in [2.05, 4.69) is 17.6 Å². The molecule has 0 fully saturated rings. The van der Waals surface area contributed by atoms with E-state index in [1.165, 1.54) is 7.11 Å². The maximum Gasteiger partial charge on any atom is 0.337 e. The van der Waals surface area contributed by atoms with Gasteiger partial charge in [-0.05, 0) is 43.3 Å². The van der Waals surface area contributed by atoms with E-state index in [4.69, 9.17) is 21.7 Å². The molecule has 5 nitrogen and oxygen atoms in total. The molecule has 1 atom stereocenters. The molecule has 2 N–H and O–H groups in total. The molecular formula is C17H22N2O3S. The summed E-state index contributed by atoms with van der Waals surface area (Å²) in [5.74, 6) is 0.442.